The number of ether oxygens (including phenoxy) is 4. The van der Waals surface area contributed by atoms with Crippen LogP contribution in [-0.4, -0.2) is 45.3 Å². The van der Waals surface area contributed by atoms with Gasteiger partial charge in [0.15, 0.2) is 11.5 Å². The summed E-state index contributed by atoms with van der Waals surface area (Å²) in [7, 11) is 5.89. The number of nitro benzene ring substituents is 1. The van der Waals surface area contributed by atoms with Crippen molar-refractivity contribution in [1.82, 2.24) is 0 Å². The number of anilines is 2. The normalized spacial score (nSPS) is 11.2. The number of nitrogens with zero attached hydrogens (tertiary/aromatic N) is 1. The van der Waals surface area contributed by atoms with Crippen molar-refractivity contribution in [3.05, 3.63) is 40.4 Å². The van der Waals surface area contributed by atoms with E-state index in [0.717, 1.165) is 0 Å². The van der Waals surface area contributed by atoms with Crippen LogP contribution in [0.2, 0.25) is 0 Å². The molecule has 0 aliphatic rings. The first-order valence-electron chi connectivity index (χ1n) is 8.54. The maximum absolute atomic E-state index is 12.6. The molecular formula is C19H23N3O7. The van der Waals surface area contributed by atoms with Gasteiger partial charge in [-0.25, -0.2) is 0 Å². The molecule has 0 fully saturated rings. The van der Waals surface area contributed by atoms with E-state index in [1.54, 1.807) is 19.1 Å². The molecule has 0 aromatic heterocycles. The summed E-state index contributed by atoms with van der Waals surface area (Å²) in [5.74, 6) is 1.19. The maximum Gasteiger partial charge on any atom is 0.271 e. The molecule has 2 rings (SSSR count). The highest BCUT2D eigenvalue weighted by Crippen LogP contribution is 2.40. The minimum atomic E-state index is -0.693. The SMILES string of the molecule is COc1ccc([N+](=O)[O-])cc1NC(=O)[C@H](C)Nc1cc(OC)c(OC)c(OC)c1. The van der Waals surface area contributed by atoms with Gasteiger partial charge in [-0.15, -0.1) is 0 Å². The molecule has 10 nitrogen and oxygen atoms in total. The Morgan fingerprint density at radius 3 is 2.03 bits per heavy atom. The first kappa shape index (κ1) is 21.6. The van der Waals surface area contributed by atoms with Crippen molar-refractivity contribution in [3.63, 3.8) is 0 Å². The standard InChI is InChI=1S/C19H23N3O7/c1-11(20-12-8-16(27-3)18(29-5)17(9-12)28-4)19(23)21-14-10-13(22(24)25)6-7-15(14)26-2/h6-11,20H,1-5H3,(H,21,23)/t11-/m0/s1. The highest BCUT2D eigenvalue weighted by molar-refractivity contribution is 5.97. The van der Waals surface area contributed by atoms with Crippen molar-refractivity contribution in [2.24, 2.45) is 0 Å². The van der Waals surface area contributed by atoms with Crippen molar-refractivity contribution >= 4 is 23.0 Å². The zero-order valence-corrected chi connectivity index (χ0v) is 16.8. The smallest absolute Gasteiger partial charge is 0.271 e. The molecule has 2 N–H and O–H groups in total. The monoisotopic (exact) mass is 405 g/mol. The van der Waals surface area contributed by atoms with E-state index in [1.165, 1.54) is 46.6 Å². The van der Waals surface area contributed by atoms with Gasteiger partial charge in [0.05, 0.1) is 39.0 Å². The first-order valence-corrected chi connectivity index (χ1v) is 8.54. The quantitative estimate of drug-likeness (QED) is 0.482. The van der Waals surface area contributed by atoms with E-state index < -0.39 is 16.9 Å². The minimum absolute atomic E-state index is 0.161. The number of carbonyl (C=O) groups excluding carboxylic acids is 1. The molecule has 1 amide bonds. The lowest BCUT2D eigenvalue weighted by Gasteiger charge is -2.19. The third-order valence-electron chi connectivity index (χ3n) is 4.09. The summed E-state index contributed by atoms with van der Waals surface area (Å²) in [6.45, 7) is 1.64. The van der Waals surface area contributed by atoms with Crippen molar-refractivity contribution in [2.45, 2.75) is 13.0 Å². The predicted octanol–water partition coefficient (Wildman–Crippen LogP) is 3.07. The molecule has 2 aromatic carbocycles. The average molecular weight is 405 g/mol. The van der Waals surface area contributed by atoms with Crippen molar-refractivity contribution < 1.29 is 28.7 Å². The van der Waals surface area contributed by atoms with Crippen molar-refractivity contribution in [2.75, 3.05) is 39.1 Å². The van der Waals surface area contributed by atoms with Crippen LogP contribution in [0.1, 0.15) is 6.92 Å². The van der Waals surface area contributed by atoms with E-state index in [1.807, 2.05) is 0 Å². The average Bonchev–Trinajstić information content (AvgIpc) is 2.72. The number of nitrogens with one attached hydrogen (secondary N) is 2. The summed E-state index contributed by atoms with van der Waals surface area (Å²) in [6.07, 6.45) is 0. The second-order valence-corrected chi connectivity index (χ2v) is 5.91. The summed E-state index contributed by atoms with van der Waals surface area (Å²) < 4.78 is 21.0. The largest absolute Gasteiger partial charge is 0.495 e. The number of hydrogen-bond acceptors (Lipinski definition) is 8. The van der Waals surface area contributed by atoms with E-state index in [0.29, 0.717) is 28.7 Å². The Labute approximate surface area is 167 Å². The Kier molecular flexibility index (Phi) is 7.07. The van der Waals surface area contributed by atoms with Gasteiger partial charge in [0.25, 0.3) is 5.69 Å². The fourth-order valence-corrected chi connectivity index (χ4v) is 2.63. The van der Waals surface area contributed by atoms with Crippen LogP contribution in [0.25, 0.3) is 0 Å². The number of amides is 1. The Hall–Kier alpha value is -3.69. The molecule has 0 aliphatic carbocycles. The summed E-state index contributed by atoms with van der Waals surface area (Å²) in [5.41, 5.74) is 0.602. The number of non-ortho nitro benzene ring substituents is 1. The van der Waals surface area contributed by atoms with Gasteiger partial charge in [0.2, 0.25) is 11.7 Å². The Morgan fingerprint density at radius 2 is 1.55 bits per heavy atom. The molecule has 2 aromatic rings. The van der Waals surface area contributed by atoms with E-state index in [4.69, 9.17) is 18.9 Å². The summed E-state index contributed by atoms with van der Waals surface area (Å²) >= 11 is 0. The van der Waals surface area contributed by atoms with Crippen LogP contribution in [0.5, 0.6) is 23.0 Å². The van der Waals surface area contributed by atoms with Crippen LogP contribution in [0.4, 0.5) is 17.1 Å². The molecule has 0 heterocycles. The van der Waals surface area contributed by atoms with Crippen LogP contribution in [0.3, 0.4) is 0 Å². The Bertz CT molecular complexity index is 876. The highest BCUT2D eigenvalue weighted by atomic mass is 16.6. The van der Waals surface area contributed by atoms with Crippen LogP contribution >= 0.6 is 0 Å². The number of rotatable bonds is 9. The van der Waals surface area contributed by atoms with Crippen LogP contribution in [0.15, 0.2) is 30.3 Å². The lowest BCUT2D eigenvalue weighted by Crippen LogP contribution is -2.32. The Morgan fingerprint density at radius 1 is 0.966 bits per heavy atom. The highest BCUT2D eigenvalue weighted by Gasteiger charge is 2.19. The van der Waals surface area contributed by atoms with E-state index in [2.05, 4.69) is 10.6 Å². The van der Waals surface area contributed by atoms with Gasteiger partial charge < -0.3 is 29.6 Å². The third-order valence-corrected chi connectivity index (χ3v) is 4.09. The molecule has 1 atom stereocenters. The van der Waals surface area contributed by atoms with Crippen LogP contribution < -0.4 is 29.6 Å². The molecule has 0 spiro atoms. The van der Waals surface area contributed by atoms with Crippen molar-refractivity contribution in [1.29, 1.82) is 0 Å². The number of nitro groups is 1. The summed E-state index contributed by atoms with van der Waals surface area (Å²) in [5, 5.41) is 16.7. The zero-order valence-electron chi connectivity index (χ0n) is 16.8. The van der Waals surface area contributed by atoms with Gasteiger partial charge in [-0.2, -0.15) is 0 Å². The number of hydrogen-bond donors (Lipinski definition) is 2. The van der Waals surface area contributed by atoms with Crippen LogP contribution in [-0.2, 0) is 4.79 Å². The van der Waals surface area contributed by atoms with E-state index >= 15 is 0 Å². The van der Waals surface area contributed by atoms with Gasteiger partial charge >= 0.3 is 0 Å². The molecule has 29 heavy (non-hydrogen) atoms. The molecule has 0 aliphatic heterocycles. The van der Waals surface area contributed by atoms with Crippen molar-refractivity contribution in [3.8, 4) is 23.0 Å². The minimum Gasteiger partial charge on any atom is -0.495 e. The number of carbonyl (C=O) groups is 1. The van der Waals surface area contributed by atoms with Crippen LogP contribution in [0, 0.1) is 10.1 Å². The molecule has 0 bridgehead atoms. The molecule has 156 valence electrons. The molecular weight excluding hydrogens is 382 g/mol. The van der Waals surface area contributed by atoms with Gasteiger partial charge in [-0.1, -0.05) is 0 Å². The third kappa shape index (κ3) is 4.98. The maximum atomic E-state index is 12.6. The van der Waals surface area contributed by atoms with Gasteiger partial charge in [0.1, 0.15) is 11.8 Å². The number of methoxy groups -OCH3 is 4. The van der Waals surface area contributed by atoms with E-state index in [-0.39, 0.29) is 11.4 Å². The molecule has 10 heteroatoms. The van der Waals surface area contributed by atoms with E-state index in [9.17, 15) is 14.9 Å². The topological polar surface area (TPSA) is 121 Å². The Balaban J connectivity index is 2.22. The predicted molar refractivity (Wildman–Crippen MR) is 107 cm³/mol. The van der Waals surface area contributed by atoms with Gasteiger partial charge in [0, 0.05) is 30.0 Å². The molecule has 0 unspecified atom stereocenters. The second-order valence-electron chi connectivity index (χ2n) is 5.91. The summed E-state index contributed by atoms with van der Waals surface area (Å²) in [4.78, 5) is 23.1. The molecule has 0 saturated heterocycles. The first-order chi connectivity index (χ1) is 13.8. The lowest BCUT2D eigenvalue weighted by molar-refractivity contribution is -0.384. The second kappa shape index (κ2) is 9.49. The summed E-state index contributed by atoms with van der Waals surface area (Å²) in [6, 6.07) is 6.60. The fourth-order valence-electron chi connectivity index (χ4n) is 2.63. The van der Waals surface area contributed by atoms with Gasteiger partial charge in [-0.3, -0.25) is 14.9 Å². The number of benzene rings is 2. The zero-order chi connectivity index (χ0) is 21.6. The molecule has 0 saturated carbocycles. The fraction of sp³-hybridized carbons (Fsp3) is 0.316. The molecule has 0 radical (unpaired) electrons. The van der Waals surface area contributed by atoms with Gasteiger partial charge in [-0.05, 0) is 13.0 Å². The lowest BCUT2D eigenvalue weighted by atomic mass is 10.2.